The lowest BCUT2D eigenvalue weighted by molar-refractivity contribution is 0.0248. The lowest BCUT2D eigenvalue weighted by atomic mass is 10.0. The predicted molar refractivity (Wildman–Crippen MR) is 149 cm³/mol. The smallest absolute Gasteiger partial charge is 0.410 e. The van der Waals surface area contributed by atoms with E-state index in [1.54, 1.807) is 24.1 Å². The minimum atomic E-state index is -3.52. The normalized spacial score (nSPS) is 11.5. The number of carbonyl (C=O) groups excluding carboxylic acids is 2. The van der Waals surface area contributed by atoms with Crippen LogP contribution in [0.1, 0.15) is 62.4 Å². The van der Waals surface area contributed by atoms with E-state index in [1.807, 2.05) is 45.0 Å². The number of unbranched alkanes of at least 4 members (excludes halogenated alkanes) is 2. The average Bonchev–Trinajstić information content (AvgIpc) is 2.83. The first-order valence-corrected chi connectivity index (χ1v) is 14.5. The molecule has 0 atom stereocenters. The van der Waals surface area contributed by atoms with Gasteiger partial charge in [0.05, 0.1) is 26.2 Å². The molecule has 0 aliphatic heterocycles. The highest BCUT2D eigenvalue weighted by molar-refractivity contribution is 7.92. The first kappa shape index (κ1) is 31.0. The number of nitrogens with one attached hydrogen (secondary N) is 1. The van der Waals surface area contributed by atoms with Crippen LogP contribution in [0.2, 0.25) is 0 Å². The van der Waals surface area contributed by atoms with Crippen molar-refractivity contribution >= 4 is 27.6 Å². The summed E-state index contributed by atoms with van der Waals surface area (Å²) in [7, 11) is -0.463. The third-order valence-electron chi connectivity index (χ3n) is 5.64. The molecule has 0 heterocycles. The number of rotatable bonds is 14. The molecule has 0 aliphatic carbocycles. The minimum absolute atomic E-state index is 0.0932. The molecule has 1 amide bonds. The maximum atomic E-state index is 12.8. The van der Waals surface area contributed by atoms with Crippen molar-refractivity contribution in [2.75, 3.05) is 38.3 Å². The number of para-hydroxylation sites is 1. The molecular weight excluding hydrogens is 508 g/mol. The highest BCUT2D eigenvalue weighted by atomic mass is 32.2. The molecule has 210 valence electrons. The van der Waals surface area contributed by atoms with Gasteiger partial charge < -0.3 is 19.1 Å². The largest absolute Gasteiger partial charge is 0.496 e. The van der Waals surface area contributed by atoms with Gasteiger partial charge in [-0.25, -0.2) is 13.2 Å². The lowest BCUT2D eigenvalue weighted by Crippen LogP contribution is -2.38. The maximum absolute atomic E-state index is 12.8. The standard InChI is InChI=1S/C28H40N2O7S/c1-28(2,3)37-27(32)30(19-17-21-12-9-10-14-25(21)35-4)18-11-7-8-13-24(31)22-15-16-26(36-5)23(20-22)29-38(6,33)34/h9-10,12,14-16,20,29H,7-8,11,13,17-19H2,1-6H3. The number of amides is 1. The predicted octanol–water partition coefficient (Wildman–Crippen LogP) is 5.30. The Morgan fingerprint density at radius 1 is 0.921 bits per heavy atom. The van der Waals surface area contributed by atoms with E-state index in [0.717, 1.165) is 24.0 Å². The molecule has 0 spiro atoms. The van der Waals surface area contributed by atoms with Crippen LogP contribution in [0.3, 0.4) is 0 Å². The molecule has 10 heteroatoms. The number of Topliss-reactive ketones (excluding diaryl/α,β-unsaturated/α-hetero) is 1. The Balaban J connectivity index is 1.94. The summed E-state index contributed by atoms with van der Waals surface area (Å²) in [6, 6.07) is 12.4. The fourth-order valence-electron chi connectivity index (χ4n) is 3.86. The average molecular weight is 549 g/mol. The summed E-state index contributed by atoms with van der Waals surface area (Å²) < 4.78 is 41.9. The Hall–Kier alpha value is -3.27. The molecule has 0 fully saturated rings. The van der Waals surface area contributed by atoms with Crippen LogP contribution in [0.25, 0.3) is 0 Å². The SMILES string of the molecule is COc1ccccc1CCN(CCCCCC(=O)c1ccc(OC)c(NS(C)(=O)=O)c1)C(=O)OC(C)(C)C. The minimum Gasteiger partial charge on any atom is -0.496 e. The van der Waals surface area contributed by atoms with Gasteiger partial charge in [-0.1, -0.05) is 24.6 Å². The van der Waals surface area contributed by atoms with Crippen LogP contribution in [-0.2, 0) is 21.2 Å². The van der Waals surface area contributed by atoms with E-state index in [0.29, 0.717) is 50.1 Å². The van der Waals surface area contributed by atoms with Crippen LogP contribution in [0.15, 0.2) is 42.5 Å². The molecule has 0 saturated carbocycles. The van der Waals surface area contributed by atoms with E-state index in [9.17, 15) is 18.0 Å². The molecule has 0 aromatic heterocycles. The van der Waals surface area contributed by atoms with Gasteiger partial charge >= 0.3 is 6.09 Å². The van der Waals surface area contributed by atoms with Gasteiger partial charge in [0.15, 0.2) is 5.78 Å². The zero-order chi connectivity index (χ0) is 28.3. The van der Waals surface area contributed by atoms with Crippen LogP contribution >= 0.6 is 0 Å². The number of ketones is 1. The molecule has 0 bridgehead atoms. The Morgan fingerprint density at radius 2 is 1.61 bits per heavy atom. The Morgan fingerprint density at radius 3 is 2.24 bits per heavy atom. The van der Waals surface area contributed by atoms with Crippen molar-refractivity contribution < 1.29 is 32.2 Å². The molecule has 38 heavy (non-hydrogen) atoms. The number of ether oxygens (including phenoxy) is 3. The number of hydrogen-bond donors (Lipinski definition) is 1. The van der Waals surface area contributed by atoms with E-state index in [-0.39, 0.29) is 17.6 Å². The Kier molecular flexibility index (Phi) is 11.4. The third-order valence-corrected chi connectivity index (χ3v) is 6.23. The van der Waals surface area contributed by atoms with E-state index in [2.05, 4.69) is 4.72 Å². The Labute approximate surface area is 226 Å². The van der Waals surface area contributed by atoms with Crippen LogP contribution in [-0.4, -0.2) is 64.4 Å². The zero-order valence-electron chi connectivity index (χ0n) is 23.2. The number of sulfonamides is 1. The van der Waals surface area contributed by atoms with Crippen LogP contribution in [0.5, 0.6) is 11.5 Å². The summed E-state index contributed by atoms with van der Waals surface area (Å²) >= 11 is 0. The topological polar surface area (TPSA) is 111 Å². The molecule has 0 saturated heterocycles. The summed E-state index contributed by atoms with van der Waals surface area (Å²) in [5.74, 6) is 1.02. The van der Waals surface area contributed by atoms with E-state index >= 15 is 0 Å². The quantitative estimate of drug-likeness (QED) is 0.252. The fraction of sp³-hybridized carbons (Fsp3) is 0.500. The molecule has 0 radical (unpaired) electrons. The van der Waals surface area contributed by atoms with Crippen molar-refractivity contribution in [3.63, 3.8) is 0 Å². The second-order valence-corrected chi connectivity index (χ2v) is 11.8. The van der Waals surface area contributed by atoms with Gasteiger partial charge in [-0.3, -0.25) is 9.52 Å². The Bertz CT molecular complexity index is 1190. The summed E-state index contributed by atoms with van der Waals surface area (Å²) in [5.41, 5.74) is 1.04. The van der Waals surface area contributed by atoms with E-state index in [1.165, 1.54) is 13.2 Å². The zero-order valence-corrected chi connectivity index (χ0v) is 24.0. The maximum Gasteiger partial charge on any atom is 0.410 e. The van der Waals surface area contributed by atoms with Gasteiger partial charge in [-0.2, -0.15) is 0 Å². The third kappa shape index (κ3) is 10.6. The van der Waals surface area contributed by atoms with Gasteiger partial charge in [-0.15, -0.1) is 0 Å². The number of methoxy groups -OCH3 is 2. The number of nitrogens with zero attached hydrogens (tertiary/aromatic N) is 1. The first-order valence-electron chi connectivity index (χ1n) is 12.6. The second-order valence-electron chi connectivity index (χ2n) is 10.1. The van der Waals surface area contributed by atoms with Crippen LogP contribution in [0, 0.1) is 0 Å². The monoisotopic (exact) mass is 548 g/mol. The molecule has 0 unspecified atom stereocenters. The van der Waals surface area contributed by atoms with Crippen molar-refractivity contribution in [1.82, 2.24) is 4.90 Å². The number of carbonyl (C=O) groups is 2. The molecule has 2 aromatic carbocycles. The van der Waals surface area contributed by atoms with Gasteiger partial charge in [-0.05, 0) is 69.9 Å². The van der Waals surface area contributed by atoms with Gasteiger partial charge in [0.2, 0.25) is 10.0 Å². The van der Waals surface area contributed by atoms with Gasteiger partial charge in [0, 0.05) is 25.1 Å². The van der Waals surface area contributed by atoms with Crippen molar-refractivity contribution in [2.45, 2.75) is 58.5 Å². The number of anilines is 1. The molecule has 9 nitrogen and oxygen atoms in total. The molecular formula is C28H40N2O7S. The summed E-state index contributed by atoms with van der Waals surface area (Å²) in [6.07, 6.45) is 3.69. The van der Waals surface area contributed by atoms with Crippen LogP contribution < -0.4 is 14.2 Å². The van der Waals surface area contributed by atoms with Crippen molar-refractivity contribution in [1.29, 1.82) is 0 Å². The highest BCUT2D eigenvalue weighted by Gasteiger charge is 2.22. The second kappa shape index (κ2) is 14.0. The fourth-order valence-corrected chi connectivity index (χ4v) is 4.42. The number of hydrogen-bond acceptors (Lipinski definition) is 7. The molecule has 1 N–H and O–H groups in total. The van der Waals surface area contributed by atoms with Crippen LogP contribution in [0.4, 0.5) is 10.5 Å². The molecule has 0 aliphatic rings. The van der Waals surface area contributed by atoms with Crippen molar-refractivity contribution in [2.24, 2.45) is 0 Å². The van der Waals surface area contributed by atoms with Gasteiger partial charge in [0.1, 0.15) is 17.1 Å². The lowest BCUT2D eigenvalue weighted by Gasteiger charge is -2.27. The summed E-state index contributed by atoms with van der Waals surface area (Å²) in [4.78, 5) is 27.3. The van der Waals surface area contributed by atoms with Gasteiger partial charge in [0.25, 0.3) is 0 Å². The van der Waals surface area contributed by atoms with E-state index in [4.69, 9.17) is 14.2 Å². The molecule has 2 rings (SSSR count). The van der Waals surface area contributed by atoms with Crippen molar-refractivity contribution in [3.05, 3.63) is 53.6 Å². The summed E-state index contributed by atoms with van der Waals surface area (Å²) in [6.45, 7) is 6.50. The number of benzene rings is 2. The highest BCUT2D eigenvalue weighted by Crippen LogP contribution is 2.27. The van der Waals surface area contributed by atoms with E-state index < -0.39 is 15.6 Å². The summed E-state index contributed by atoms with van der Waals surface area (Å²) in [5, 5.41) is 0. The molecule has 2 aromatic rings. The van der Waals surface area contributed by atoms with Crippen molar-refractivity contribution in [3.8, 4) is 11.5 Å². The first-order chi connectivity index (χ1) is 17.8.